The molecule has 3 nitrogen and oxygen atoms in total. The number of aliphatic hydroxyl groups excluding tert-OH is 1. The van der Waals surface area contributed by atoms with Gasteiger partial charge in [-0.05, 0) is 29.8 Å². The first kappa shape index (κ1) is 14.5. The third-order valence-corrected chi connectivity index (χ3v) is 3.15. The molecule has 114 valence electrons. The first-order chi connectivity index (χ1) is 10.5. The average molecular weight is 308 g/mol. The SMILES string of the molecule is OCc1ccc2cc(-c3ccccc3OC(F)(F)F)oc2c1. The van der Waals surface area contributed by atoms with Crippen LogP contribution in [0.4, 0.5) is 13.2 Å². The molecule has 3 rings (SSSR count). The Morgan fingerprint density at radius 1 is 1.05 bits per heavy atom. The molecular formula is C16H11F3O3. The number of hydrogen-bond acceptors (Lipinski definition) is 3. The van der Waals surface area contributed by atoms with Crippen LogP contribution in [0.1, 0.15) is 5.56 Å². The molecule has 1 N–H and O–H groups in total. The summed E-state index contributed by atoms with van der Waals surface area (Å²) in [4.78, 5) is 0. The molecule has 0 fully saturated rings. The first-order valence-electron chi connectivity index (χ1n) is 6.45. The summed E-state index contributed by atoms with van der Waals surface area (Å²) in [5, 5.41) is 9.84. The zero-order chi connectivity index (χ0) is 15.7. The smallest absolute Gasteiger partial charge is 0.456 e. The molecule has 0 saturated carbocycles. The van der Waals surface area contributed by atoms with E-state index in [1.807, 2.05) is 0 Å². The van der Waals surface area contributed by atoms with Gasteiger partial charge in [-0.2, -0.15) is 0 Å². The Morgan fingerprint density at radius 2 is 1.82 bits per heavy atom. The van der Waals surface area contributed by atoms with Crippen molar-refractivity contribution in [2.45, 2.75) is 13.0 Å². The van der Waals surface area contributed by atoms with Gasteiger partial charge in [-0.15, -0.1) is 13.2 Å². The second-order valence-corrected chi connectivity index (χ2v) is 4.68. The quantitative estimate of drug-likeness (QED) is 0.775. The van der Waals surface area contributed by atoms with Crippen molar-refractivity contribution in [3.05, 3.63) is 54.1 Å². The van der Waals surface area contributed by atoms with Crippen molar-refractivity contribution in [1.82, 2.24) is 0 Å². The first-order valence-corrected chi connectivity index (χ1v) is 6.45. The van der Waals surface area contributed by atoms with E-state index in [4.69, 9.17) is 9.52 Å². The molecule has 3 aromatic rings. The third kappa shape index (κ3) is 2.92. The van der Waals surface area contributed by atoms with Crippen molar-refractivity contribution in [2.24, 2.45) is 0 Å². The second-order valence-electron chi connectivity index (χ2n) is 4.68. The van der Waals surface area contributed by atoms with Gasteiger partial charge < -0.3 is 14.3 Å². The predicted molar refractivity (Wildman–Crippen MR) is 74.3 cm³/mol. The standard InChI is InChI=1S/C16H11F3O3/c17-16(18,19)22-13-4-2-1-3-12(13)15-8-11-6-5-10(9-20)7-14(11)21-15/h1-8,20H,9H2. The van der Waals surface area contributed by atoms with Crippen LogP contribution in [0.3, 0.4) is 0 Å². The van der Waals surface area contributed by atoms with Gasteiger partial charge in [0.1, 0.15) is 17.1 Å². The van der Waals surface area contributed by atoms with Crippen LogP contribution in [0, 0.1) is 0 Å². The molecule has 0 bridgehead atoms. The summed E-state index contributed by atoms with van der Waals surface area (Å²) in [6, 6.07) is 12.5. The number of furan rings is 1. The van der Waals surface area contributed by atoms with Crippen LogP contribution >= 0.6 is 0 Å². The Balaban J connectivity index is 2.07. The van der Waals surface area contributed by atoms with E-state index in [0.29, 0.717) is 11.1 Å². The fourth-order valence-electron chi connectivity index (χ4n) is 2.19. The predicted octanol–water partition coefficient (Wildman–Crippen LogP) is 4.49. The number of rotatable bonds is 3. The zero-order valence-electron chi connectivity index (χ0n) is 11.2. The Bertz CT molecular complexity index is 806. The lowest BCUT2D eigenvalue weighted by molar-refractivity contribution is -0.274. The number of para-hydroxylation sites is 1. The van der Waals surface area contributed by atoms with Crippen LogP contribution in [0.2, 0.25) is 0 Å². The van der Waals surface area contributed by atoms with Gasteiger partial charge in [-0.3, -0.25) is 0 Å². The highest BCUT2D eigenvalue weighted by molar-refractivity contribution is 5.84. The molecule has 0 amide bonds. The number of ether oxygens (including phenoxy) is 1. The molecule has 0 spiro atoms. The summed E-state index contributed by atoms with van der Waals surface area (Å²) in [5.74, 6) is -0.0543. The summed E-state index contributed by atoms with van der Waals surface area (Å²) < 4.78 is 47.0. The van der Waals surface area contributed by atoms with Crippen molar-refractivity contribution in [3.63, 3.8) is 0 Å². The van der Waals surface area contributed by atoms with Gasteiger partial charge in [0, 0.05) is 5.39 Å². The van der Waals surface area contributed by atoms with Crippen LogP contribution in [0.25, 0.3) is 22.3 Å². The topological polar surface area (TPSA) is 42.6 Å². The molecule has 0 atom stereocenters. The van der Waals surface area contributed by atoms with Gasteiger partial charge in [-0.25, -0.2) is 0 Å². The van der Waals surface area contributed by atoms with Gasteiger partial charge in [0.15, 0.2) is 0 Å². The normalized spacial score (nSPS) is 11.8. The lowest BCUT2D eigenvalue weighted by Gasteiger charge is -2.11. The molecule has 22 heavy (non-hydrogen) atoms. The fraction of sp³-hybridized carbons (Fsp3) is 0.125. The lowest BCUT2D eigenvalue weighted by Crippen LogP contribution is -2.17. The summed E-state index contributed by atoms with van der Waals surface area (Å²) in [7, 11) is 0. The minimum absolute atomic E-state index is 0.139. The van der Waals surface area contributed by atoms with Gasteiger partial charge in [0.25, 0.3) is 0 Å². The van der Waals surface area contributed by atoms with E-state index in [1.54, 1.807) is 30.3 Å². The van der Waals surface area contributed by atoms with E-state index >= 15 is 0 Å². The van der Waals surface area contributed by atoms with E-state index in [9.17, 15) is 13.2 Å². The molecular weight excluding hydrogens is 297 g/mol. The molecule has 0 saturated heterocycles. The van der Waals surface area contributed by atoms with Crippen molar-refractivity contribution >= 4 is 11.0 Å². The molecule has 0 aliphatic carbocycles. The van der Waals surface area contributed by atoms with Gasteiger partial charge in [0.2, 0.25) is 0 Å². The highest BCUT2D eigenvalue weighted by Crippen LogP contribution is 2.36. The summed E-state index contributed by atoms with van der Waals surface area (Å²) >= 11 is 0. The van der Waals surface area contributed by atoms with Crippen LogP contribution in [-0.2, 0) is 6.61 Å². The number of aliphatic hydroxyl groups is 1. The zero-order valence-corrected chi connectivity index (χ0v) is 11.2. The Labute approximate surface area is 123 Å². The van der Waals surface area contributed by atoms with Crippen molar-refractivity contribution < 1.29 is 27.4 Å². The second kappa shape index (κ2) is 5.38. The van der Waals surface area contributed by atoms with Crippen LogP contribution in [0.5, 0.6) is 5.75 Å². The molecule has 2 aromatic carbocycles. The minimum Gasteiger partial charge on any atom is -0.456 e. The maximum atomic E-state index is 12.5. The van der Waals surface area contributed by atoms with E-state index < -0.39 is 6.36 Å². The highest BCUT2D eigenvalue weighted by Gasteiger charge is 2.32. The average Bonchev–Trinajstić information content (AvgIpc) is 2.88. The number of benzene rings is 2. The number of alkyl halides is 3. The van der Waals surface area contributed by atoms with E-state index in [0.717, 1.165) is 5.39 Å². The molecule has 6 heteroatoms. The highest BCUT2D eigenvalue weighted by atomic mass is 19.4. The molecule has 0 aliphatic heterocycles. The lowest BCUT2D eigenvalue weighted by atomic mass is 10.1. The molecule has 1 heterocycles. The Hall–Kier alpha value is -2.47. The molecule has 0 aliphatic rings. The Morgan fingerprint density at radius 3 is 2.55 bits per heavy atom. The van der Waals surface area contributed by atoms with Crippen molar-refractivity contribution in [2.75, 3.05) is 0 Å². The fourth-order valence-corrected chi connectivity index (χ4v) is 2.19. The van der Waals surface area contributed by atoms with Gasteiger partial charge in [0.05, 0.1) is 12.2 Å². The number of fused-ring (bicyclic) bond motifs is 1. The monoisotopic (exact) mass is 308 g/mol. The summed E-state index contributed by atoms with van der Waals surface area (Å²) in [6.07, 6.45) is -4.77. The van der Waals surface area contributed by atoms with Gasteiger partial charge >= 0.3 is 6.36 Å². The Kier molecular flexibility index (Phi) is 3.54. The number of halogens is 3. The van der Waals surface area contributed by atoms with E-state index in [2.05, 4.69) is 4.74 Å². The number of hydrogen-bond donors (Lipinski definition) is 1. The summed E-state index contributed by atoms with van der Waals surface area (Å²) in [5.41, 5.74) is 1.36. The van der Waals surface area contributed by atoms with Crippen LogP contribution < -0.4 is 4.74 Å². The van der Waals surface area contributed by atoms with E-state index in [-0.39, 0.29) is 23.7 Å². The molecule has 0 radical (unpaired) electrons. The molecule has 1 aromatic heterocycles. The molecule has 0 unspecified atom stereocenters. The third-order valence-electron chi connectivity index (χ3n) is 3.15. The van der Waals surface area contributed by atoms with Crippen molar-refractivity contribution in [3.8, 4) is 17.1 Å². The van der Waals surface area contributed by atoms with E-state index in [1.165, 1.54) is 18.2 Å². The summed E-state index contributed by atoms with van der Waals surface area (Å²) in [6.45, 7) is -0.139. The minimum atomic E-state index is -4.77. The van der Waals surface area contributed by atoms with Gasteiger partial charge in [-0.1, -0.05) is 24.3 Å². The van der Waals surface area contributed by atoms with Crippen LogP contribution in [0.15, 0.2) is 52.9 Å². The van der Waals surface area contributed by atoms with Crippen molar-refractivity contribution in [1.29, 1.82) is 0 Å². The maximum Gasteiger partial charge on any atom is 0.573 e. The maximum absolute atomic E-state index is 12.5. The van der Waals surface area contributed by atoms with Crippen LogP contribution in [-0.4, -0.2) is 11.5 Å². The largest absolute Gasteiger partial charge is 0.573 e.